The zero-order chi connectivity index (χ0) is 30.3. The van der Waals surface area contributed by atoms with Gasteiger partial charge in [-0.1, -0.05) is 25.2 Å². The lowest BCUT2D eigenvalue weighted by molar-refractivity contribution is -0.137. The molecule has 2 atom stereocenters. The normalized spacial score (nSPS) is 20.7. The topological polar surface area (TPSA) is 78.2 Å². The van der Waals surface area contributed by atoms with Crippen molar-refractivity contribution >= 4 is 32.4 Å². The fraction of sp³-hybridized carbons (Fsp3) is 0.467. The summed E-state index contributed by atoms with van der Waals surface area (Å²) in [5.41, 5.74) is 1.21. The van der Waals surface area contributed by atoms with Crippen molar-refractivity contribution in [3.8, 4) is 11.3 Å². The smallest absolute Gasteiger partial charge is 0.380 e. The first-order valence-electron chi connectivity index (χ1n) is 14.5. The lowest BCUT2D eigenvalue weighted by Gasteiger charge is -2.21. The number of benzene rings is 1. The molecule has 5 heterocycles. The predicted octanol–water partition coefficient (Wildman–Crippen LogP) is 7.24. The van der Waals surface area contributed by atoms with Gasteiger partial charge in [-0.2, -0.15) is 23.3 Å². The van der Waals surface area contributed by atoms with E-state index in [2.05, 4.69) is 10.00 Å². The monoisotopic (exact) mass is 616 g/mol. The van der Waals surface area contributed by atoms with Crippen LogP contribution in [0.15, 0.2) is 36.7 Å². The molecule has 1 saturated carbocycles. The molecule has 228 valence electrons. The number of alkyl halides is 3. The number of hydrogen-bond acceptors (Lipinski definition) is 8. The van der Waals surface area contributed by atoms with Crippen molar-refractivity contribution in [3.63, 3.8) is 0 Å². The van der Waals surface area contributed by atoms with Gasteiger partial charge < -0.3 is 14.4 Å². The summed E-state index contributed by atoms with van der Waals surface area (Å²) in [6, 6.07) is 2.96. The van der Waals surface area contributed by atoms with E-state index in [4.69, 9.17) is 24.4 Å². The number of anilines is 1. The largest absolute Gasteiger partial charge is 0.416 e. The van der Waals surface area contributed by atoms with Crippen LogP contribution in [0.4, 0.5) is 22.7 Å². The molecule has 1 aromatic carbocycles. The van der Waals surface area contributed by atoms with Gasteiger partial charge in [-0.15, -0.1) is 0 Å². The van der Waals surface area contributed by atoms with E-state index in [0.29, 0.717) is 53.0 Å². The molecule has 1 aliphatic carbocycles. The Morgan fingerprint density at radius 1 is 1.09 bits per heavy atom. The Balaban J connectivity index is 0.00000161. The van der Waals surface area contributed by atoms with Crippen LogP contribution in [0.1, 0.15) is 68.6 Å². The van der Waals surface area contributed by atoms with E-state index in [-0.39, 0.29) is 23.5 Å². The van der Waals surface area contributed by atoms with Crippen LogP contribution < -0.4 is 4.90 Å². The molecule has 3 aliphatic rings. The number of halogens is 4. The highest BCUT2D eigenvalue weighted by Crippen LogP contribution is 2.41. The van der Waals surface area contributed by atoms with Crippen molar-refractivity contribution in [2.75, 3.05) is 31.7 Å². The van der Waals surface area contributed by atoms with Gasteiger partial charge >= 0.3 is 6.18 Å². The first kappa shape index (κ1) is 29.6. The van der Waals surface area contributed by atoms with E-state index in [1.54, 1.807) is 13.3 Å². The van der Waals surface area contributed by atoms with Crippen LogP contribution in [-0.2, 0) is 15.7 Å². The van der Waals surface area contributed by atoms with Crippen molar-refractivity contribution in [1.82, 2.24) is 24.7 Å². The zero-order valence-corrected chi connectivity index (χ0v) is 24.9. The summed E-state index contributed by atoms with van der Waals surface area (Å²) in [4.78, 5) is 16.3. The van der Waals surface area contributed by atoms with Crippen LogP contribution >= 0.6 is 11.3 Å². The number of hydrogen-bond donors (Lipinski definition) is 0. The molecule has 8 nitrogen and oxygen atoms in total. The second kappa shape index (κ2) is 11.9. The number of fused-ring (bicyclic) bond motifs is 1. The minimum absolute atomic E-state index is 0.0343. The van der Waals surface area contributed by atoms with Crippen molar-refractivity contribution in [1.29, 1.82) is 0 Å². The molecule has 13 heteroatoms. The molecule has 1 saturated heterocycles. The fourth-order valence-electron chi connectivity index (χ4n) is 5.28. The summed E-state index contributed by atoms with van der Waals surface area (Å²) in [6.07, 6.45) is 4.38. The third-order valence-electron chi connectivity index (χ3n) is 7.72. The predicted molar refractivity (Wildman–Crippen MR) is 156 cm³/mol. The Morgan fingerprint density at radius 2 is 1.91 bits per heavy atom. The van der Waals surface area contributed by atoms with Gasteiger partial charge in [0.2, 0.25) is 0 Å². The maximum atomic E-state index is 15.3. The third-order valence-corrected chi connectivity index (χ3v) is 8.83. The highest BCUT2D eigenvalue weighted by Gasteiger charge is 2.33. The molecule has 0 amide bonds. The Bertz CT molecular complexity index is 1650. The van der Waals surface area contributed by atoms with Gasteiger partial charge in [-0.25, -0.2) is 14.4 Å². The molecule has 7 rings (SSSR count). The van der Waals surface area contributed by atoms with Crippen LogP contribution in [-0.4, -0.2) is 57.6 Å². The molecule has 2 fully saturated rings. The molecule has 4 aromatic rings. The highest BCUT2D eigenvalue weighted by molar-refractivity contribution is 7.22. The van der Waals surface area contributed by atoms with Gasteiger partial charge in [-0.3, -0.25) is 4.68 Å². The average Bonchev–Trinajstić information content (AvgIpc) is 3.38. The van der Waals surface area contributed by atoms with Crippen LogP contribution in [0.3, 0.4) is 0 Å². The Kier molecular flexibility index (Phi) is 8.22. The lowest BCUT2D eigenvalue weighted by Crippen LogP contribution is -2.21. The van der Waals surface area contributed by atoms with Gasteiger partial charge in [0.05, 0.1) is 36.2 Å². The van der Waals surface area contributed by atoms with E-state index >= 15 is 4.39 Å². The Hall–Kier alpha value is -3.42. The maximum absolute atomic E-state index is 15.3. The molecule has 0 bridgehead atoms. The molecular formula is C30H32F4N6O2S. The van der Waals surface area contributed by atoms with Gasteiger partial charge in [0.15, 0.2) is 16.6 Å². The molecule has 43 heavy (non-hydrogen) atoms. The summed E-state index contributed by atoms with van der Waals surface area (Å²) in [5.74, 6) is -0.657. The molecule has 0 radical (unpaired) electrons. The van der Waals surface area contributed by atoms with Gasteiger partial charge in [0.1, 0.15) is 16.6 Å². The van der Waals surface area contributed by atoms with E-state index in [9.17, 15) is 13.2 Å². The van der Waals surface area contributed by atoms with Gasteiger partial charge in [0.25, 0.3) is 0 Å². The number of aromatic nitrogens is 5. The third kappa shape index (κ3) is 6.02. The van der Waals surface area contributed by atoms with Crippen molar-refractivity contribution in [2.45, 2.75) is 64.0 Å². The van der Waals surface area contributed by atoms with Crippen LogP contribution in [0.5, 0.6) is 0 Å². The summed E-state index contributed by atoms with van der Waals surface area (Å²) in [6.45, 7) is 5.81. The molecule has 2 aliphatic heterocycles. The second-order valence-corrected chi connectivity index (χ2v) is 11.5. The highest BCUT2D eigenvalue weighted by atomic mass is 32.1. The lowest BCUT2D eigenvalue weighted by atomic mass is 10.0. The minimum Gasteiger partial charge on any atom is -0.380 e. The summed E-state index contributed by atoms with van der Waals surface area (Å²) < 4.78 is 69.1. The van der Waals surface area contributed by atoms with Crippen LogP contribution in [0.2, 0.25) is 0 Å². The quantitative estimate of drug-likeness (QED) is 0.211. The first-order chi connectivity index (χ1) is 20.8. The van der Waals surface area contributed by atoms with E-state index < -0.39 is 17.6 Å². The van der Waals surface area contributed by atoms with Crippen molar-refractivity contribution < 1.29 is 27.0 Å². The van der Waals surface area contributed by atoms with Crippen LogP contribution in [0.25, 0.3) is 27.2 Å². The van der Waals surface area contributed by atoms with E-state index in [1.165, 1.54) is 11.3 Å². The van der Waals surface area contributed by atoms with E-state index in [0.717, 1.165) is 49.1 Å². The number of methoxy groups -OCH3 is 1. The summed E-state index contributed by atoms with van der Waals surface area (Å²) in [7, 11) is 1.67. The number of ether oxygens (including phenoxy) is 2. The Labute approximate surface area is 250 Å². The van der Waals surface area contributed by atoms with Gasteiger partial charge in [-0.05, 0) is 55.5 Å². The molecule has 2 unspecified atom stereocenters. The average molecular weight is 617 g/mol. The standard InChI is InChI=1S/C28H26F4N6O2S.C2H6/c1-39-19-6-8-37(14-19)27-36-26-24(41-27)23(20-5-2-17(11-21(20)29)28(30,31)32)34-25(35-26)15-7-9-40-22(10-15)16-12-33-38(13-16)18-3-4-18;1-2/h2,5,10-13,18-19,22H,3-4,6-9,14H2,1H3;1-2H3. The first-order valence-corrected chi connectivity index (χ1v) is 15.3. The van der Waals surface area contributed by atoms with E-state index in [1.807, 2.05) is 30.8 Å². The molecule has 3 aromatic heterocycles. The van der Waals surface area contributed by atoms with Gasteiger partial charge in [0, 0.05) is 37.5 Å². The Morgan fingerprint density at radius 3 is 2.60 bits per heavy atom. The molecule has 0 N–H and O–H groups in total. The fourth-order valence-corrected chi connectivity index (χ4v) is 6.32. The SMILES string of the molecule is CC.COC1CCN(c2nc3nc(C4=CC(c5cnn(C6CC6)c5)OCC4)nc(-c4ccc(C(F)(F)F)cc4F)c3s2)C1. The molecule has 0 spiro atoms. The second-order valence-electron chi connectivity index (χ2n) is 10.5. The number of nitrogens with zero attached hydrogens (tertiary/aromatic N) is 6. The summed E-state index contributed by atoms with van der Waals surface area (Å²) in [5, 5.41) is 5.15. The number of rotatable bonds is 6. The van der Waals surface area contributed by atoms with Crippen LogP contribution in [0, 0.1) is 5.82 Å². The number of thiazole rings is 1. The maximum Gasteiger partial charge on any atom is 0.416 e. The summed E-state index contributed by atoms with van der Waals surface area (Å²) >= 11 is 1.30. The minimum atomic E-state index is -4.66. The van der Waals surface area contributed by atoms with Crippen molar-refractivity contribution in [3.05, 3.63) is 59.4 Å². The molecular weight excluding hydrogens is 584 g/mol. The zero-order valence-electron chi connectivity index (χ0n) is 24.1. The van der Waals surface area contributed by atoms with Crippen molar-refractivity contribution in [2.24, 2.45) is 0 Å².